The Morgan fingerprint density at radius 3 is 2.61 bits per heavy atom. The highest BCUT2D eigenvalue weighted by molar-refractivity contribution is 14.0. The number of thioether (sulfide) groups is 1. The third-order valence-electron chi connectivity index (χ3n) is 4.19. The standard InChI is InChI=1S/C23H34N4O2S.HI/c1-4-16-28-20-12-6-7-13-21(20)29-22-19(11-10-15-25-22)18-27-23(24-5-2)26-14-8-9-17-30-3;/h6-7,10-13,15H,4-5,8-9,14,16-18H2,1-3H3,(H2,24,26,27);1H. The minimum Gasteiger partial charge on any atom is -0.490 e. The Labute approximate surface area is 208 Å². The van der Waals surface area contributed by atoms with E-state index < -0.39 is 0 Å². The maximum atomic E-state index is 6.11. The van der Waals surface area contributed by atoms with Crippen molar-refractivity contribution in [2.24, 2.45) is 4.99 Å². The Hall–Kier alpha value is -1.68. The van der Waals surface area contributed by atoms with Gasteiger partial charge in [0.05, 0.1) is 13.2 Å². The summed E-state index contributed by atoms with van der Waals surface area (Å²) >= 11 is 1.88. The van der Waals surface area contributed by atoms with E-state index in [2.05, 4.69) is 35.7 Å². The van der Waals surface area contributed by atoms with Gasteiger partial charge in [0.25, 0.3) is 0 Å². The molecule has 6 nitrogen and oxygen atoms in total. The SMILES string of the molecule is CCCOc1ccccc1Oc1ncccc1CN=C(NCC)NCCCCSC.I. The predicted octanol–water partition coefficient (Wildman–Crippen LogP) is 5.48. The molecule has 0 saturated heterocycles. The van der Waals surface area contributed by atoms with E-state index >= 15 is 0 Å². The Balaban J connectivity index is 0.00000480. The molecule has 0 fully saturated rings. The fourth-order valence-corrected chi connectivity index (χ4v) is 3.18. The van der Waals surface area contributed by atoms with Gasteiger partial charge in [0.2, 0.25) is 5.88 Å². The predicted molar refractivity (Wildman–Crippen MR) is 142 cm³/mol. The summed E-state index contributed by atoms with van der Waals surface area (Å²) in [7, 11) is 0. The van der Waals surface area contributed by atoms with Gasteiger partial charge in [-0.25, -0.2) is 9.98 Å². The lowest BCUT2D eigenvalue weighted by Gasteiger charge is -2.14. The number of nitrogens with zero attached hydrogens (tertiary/aromatic N) is 2. The smallest absolute Gasteiger partial charge is 0.224 e. The summed E-state index contributed by atoms with van der Waals surface area (Å²) in [5.41, 5.74) is 0.919. The van der Waals surface area contributed by atoms with Crippen LogP contribution < -0.4 is 20.1 Å². The lowest BCUT2D eigenvalue weighted by Crippen LogP contribution is -2.37. The highest BCUT2D eigenvalue weighted by Gasteiger charge is 2.10. The third-order valence-corrected chi connectivity index (χ3v) is 4.88. The average Bonchev–Trinajstić information content (AvgIpc) is 2.77. The number of benzene rings is 1. The van der Waals surface area contributed by atoms with E-state index in [1.165, 1.54) is 12.2 Å². The van der Waals surface area contributed by atoms with Gasteiger partial charge < -0.3 is 20.1 Å². The van der Waals surface area contributed by atoms with Crippen LogP contribution in [0.25, 0.3) is 0 Å². The highest BCUT2D eigenvalue weighted by atomic mass is 127. The number of nitrogens with one attached hydrogen (secondary N) is 2. The zero-order valence-electron chi connectivity index (χ0n) is 18.7. The van der Waals surface area contributed by atoms with Gasteiger partial charge in [-0.3, -0.25) is 0 Å². The molecule has 0 spiro atoms. The van der Waals surface area contributed by atoms with Crippen LogP contribution in [-0.2, 0) is 6.54 Å². The minimum absolute atomic E-state index is 0. The molecule has 2 rings (SSSR count). The molecule has 1 aromatic carbocycles. The molecule has 1 heterocycles. The van der Waals surface area contributed by atoms with Crippen LogP contribution in [-0.4, -0.2) is 42.6 Å². The number of ether oxygens (including phenoxy) is 2. The molecule has 8 heteroatoms. The Bertz CT molecular complexity index is 777. The van der Waals surface area contributed by atoms with Gasteiger partial charge in [-0.05, 0) is 56.4 Å². The van der Waals surface area contributed by atoms with Gasteiger partial charge in [-0.15, -0.1) is 24.0 Å². The number of guanidine groups is 1. The summed E-state index contributed by atoms with van der Waals surface area (Å²) in [4.78, 5) is 9.14. The van der Waals surface area contributed by atoms with Crippen molar-refractivity contribution >= 4 is 41.7 Å². The number of hydrogen-bond donors (Lipinski definition) is 2. The summed E-state index contributed by atoms with van der Waals surface area (Å²) in [6.45, 7) is 6.99. The van der Waals surface area contributed by atoms with Crippen molar-refractivity contribution in [2.45, 2.75) is 39.7 Å². The maximum absolute atomic E-state index is 6.11. The van der Waals surface area contributed by atoms with E-state index in [-0.39, 0.29) is 24.0 Å². The topological polar surface area (TPSA) is 67.8 Å². The minimum atomic E-state index is 0. The van der Waals surface area contributed by atoms with Gasteiger partial charge in [0.15, 0.2) is 17.5 Å². The number of halogens is 1. The number of pyridine rings is 1. The molecule has 0 saturated carbocycles. The fraction of sp³-hybridized carbons (Fsp3) is 0.478. The highest BCUT2D eigenvalue weighted by Crippen LogP contribution is 2.32. The number of aliphatic imine (C=N–C) groups is 1. The number of para-hydroxylation sites is 2. The summed E-state index contributed by atoms with van der Waals surface area (Å²) in [6, 6.07) is 11.6. The zero-order valence-corrected chi connectivity index (χ0v) is 21.9. The molecule has 31 heavy (non-hydrogen) atoms. The second-order valence-electron chi connectivity index (χ2n) is 6.69. The van der Waals surface area contributed by atoms with Crippen LogP contribution in [0.5, 0.6) is 17.4 Å². The molecule has 0 amide bonds. The van der Waals surface area contributed by atoms with E-state index in [1.807, 2.05) is 48.2 Å². The second-order valence-corrected chi connectivity index (χ2v) is 7.67. The van der Waals surface area contributed by atoms with Crippen molar-refractivity contribution in [1.29, 1.82) is 0 Å². The quantitative estimate of drug-likeness (QED) is 0.147. The van der Waals surface area contributed by atoms with Gasteiger partial charge in [-0.2, -0.15) is 11.8 Å². The number of rotatable bonds is 13. The van der Waals surface area contributed by atoms with E-state index in [9.17, 15) is 0 Å². The van der Waals surface area contributed by atoms with Crippen LogP contribution in [0.3, 0.4) is 0 Å². The largest absolute Gasteiger partial charge is 0.490 e. The fourth-order valence-electron chi connectivity index (χ4n) is 2.69. The molecular weight excluding hydrogens is 523 g/mol. The Kier molecular flexibility index (Phi) is 15.0. The summed E-state index contributed by atoms with van der Waals surface area (Å²) in [5, 5.41) is 6.70. The van der Waals surface area contributed by atoms with Crippen molar-refractivity contribution in [1.82, 2.24) is 15.6 Å². The number of unbranched alkanes of at least 4 members (excludes halogenated alkanes) is 1. The molecule has 0 bridgehead atoms. The van der Waals surface area contributed by atoms with Crippen LogP contribution in [0.1, 0.15) is 38.7 Å². The normalized spacial score (nSPS) is 10.9. The van der Waals surface area contributed by atoms with Crippen molar-refractivity contribution in [2.75, 3.05) is 31.7 Å². The van der Waals surface area contributed by atoms with Crippen LogP contribution in [0.2, 0.25) is 0 Å². The monoisotopic (exact) mass is 558 g/mol. The van der Waals surface area contributed by atoms with Crippen molar-refractivity contribution in [3.8, 4) is 17.4 Å². The third kappa shape index (κ3) is 10.5. The summed E-state index contributed by atoms with van der Waals surface area (Å²) in [5.74, 6) is 3.93. The molecule has 0 atom stereocenters. The first-order chi connectivity index (χ1) is 14.8. The van der Waals surface area contributed by atoms with E-state index in [1.54, 1.807) is 6.20 Å². The molecule has 172 valence electrons. The maximum Gasteiger partial charge on any atom is 0.224 e. The lowest BCUT2D eigenvalue weighted by molar-refractivity contribution is 0.300. The zero-order chi connectivity index (χ0) is 21.4. The molecule has 0 unspecified atom stereocenters. The van der Waals surface area contributed by atoms with Gasteiger partial charge in [0.1, 0.15) is 0 Å². The molecule has 1 aromatic heterocycles. The molecule has 0 aliphatic rings. The van der Waals surface area contributed by atoms with Crippen molar-refractivity contribution < 1.29 is 9.47 Å². The number of hydrogen-bond acceptors (Lipinski definition) is 5. The van der Waals surface area contributed by atoms with Crippen molar-refractivity contribution in [3.05, 3.63) is 48.2 Å². The van der Waals surface area contributed by atoms with Gasteiger partial charge >= 0.3 is 0 Å². The van der Waals surface area contributed by atoms with Crippen LogP contribution in [0.4, 0.5) is 0 Å². The lowest BCUT2D eigenvalue weighted by atomic mass is 10.2. The van der Waals surface area contributed by atoms with E-state index in [0.717, 1.165) is 43.2 Å². The van der Waals surface area contributed by atoms with E-state index in [4.69, 9.17) is 14.5 Å². The first-order valence-corrected chi connectivity index (χ1v) is 12.0. The molecule has 0 aliphatic carbocycles. The second kappa shape index (κ2) is 16.9. The van der Waals surface area contributed by atoms with Gasteiger partial charge in [0, 0.05) is 24.8 Å². The Morgan fingerprint density at radius 2 is 1.87 bits per heavy atom. The average molecular weight is 559 g/mol. The molecule has 0 radical (unpaired) electrons. The molecular formula is C23H35IN4O2S. The number of aromatic nitrogens is 1. The molecule has 2 aromatic rings. The first kappa shape index (κ1) is 27.4. The molecule has 0 aliphatic heterocycles. The summed E-state index contributed by atoms with van der Waals surface area (Å²) < 4.78 is 11.9. The van der Waals surface area contributed by atoms with Crippen LogP contribution in [0, 0.1) is 0 Å². The van der Waals surface area contributed by atoms with Crippen molar-refractivity contribution in [3.63, 3.8) is 0 Å². The van der Waals surface area contributed by atoms with Crippen LogP contribution >= 0.6 is 35.7 Å². The Morgan fingerprint density at radius 1 is 1.06 bits per heavy atom. The molecule has 2 N–H and O–H groups in total. The van der Waals surface area contributed by atoms with E-state index in [0.29, 0.717) is 24.8 Å². The summed E-state index contributed by atoms with van der Waals surface area (Å²) in [6.07, 6.45) is 7.14. The first-order valence-electron chi connectivity index (χ1n) is 10.6. The van der Waals surface area contributed by atoms with Gasteiger partial charge in [-0.1, -0.05) is 25.1 Å². The van der Waals surface area contributed by atoms with Crippen LogP contribution in [0.15, 0.2) is 47.6 Å².